The lowest BCUT2D eigenvalue weighted by atomic mass is 10.1. The van der Waals surface area contributed by atoms with Crippen molar-refractivity contribution in [2.45, 2.75) is 6.54 Å². The lowest BCUT2D eigenvalue weighted by Crippen LogP contribution is -2.05. The molecule has 1 aromatic carbocycles. The molecule has 100 valence electrons. The predicted molar refractivity (Wildman–Crippen MR) is 70.2 cm³/mol. The molecule has 2 N–H and O–H groups in total. The lowest BCUT2D eigenvalue weighted by molar-refractivity contribution is 0.174. The van der Waals surface area contributed by atoms with Crippen LogP contribution in [0.15, 0.2) is 30.3 Å². The number of rotatable bonds is 2. The normalized spacial score (nSPS) is 13.1. The highest BCUT2D eigenvalue weighted by Crippen LogP contribution is 2.35. The highest BCUT2D eigenvalue weighted by atomic mass is 16.7. The highest BCUT2D eigenvalue weighted by molar-refractivity contribution is 5.65. The topological polar surface area (TPSA) is 87.6 Å². The van der Waals surface area contributed by atoms with Gasteiger partial charge in [-0.1, -0.05) is 0 Å². The van der Waals surface area contributed by atoms with Crippen LogP contribution >= 0.6 is 0 Å². The summed E-state index contributed by atoms with van der Waals surface area (Å²) in [4.78, 5) is 0. The van der Waals surface area contributed by atoms with Crippen LogP contribution < -0.4 is 15.2 Å². The minimum atomic E-state index is 0.258. The Morgan fingerprint density at radius 3 is 2.90 bits per heavy atom. The summed E-state index contributed by atoms with van der Waals surface area (Å²) in [6.07, 6.45) is 0. The Morgan fingerprint density at radius 2 is 2.00 bits per heavy atom. The molecule has 0 atom stereocenters. The fraction of sp³-hybridized carbons (Fsp3) is 0.154. The van der Waals surface area contributed by atoms with E-state index in [1.807, 2.05) is 30.3 Å². The van der Waals surface area contributed by atoms with Gasteiger partial charge in [0.05, 0.1) is 12.2 Å². The second-order valence-corrected chi connectivity index (χ2v) is 4.38. The van der Waals surface area contributed by atoms with Gasteiger partial charge in [-0.15, -0.1) is 10.2 Å². The van der Waals surface area contributed by atoms with Crippen LogP contribution in [0.25, 0.3) is 16.9 Å². The van der Waals surface area contributed by atoms with E-state index in [2.05, 4.69) is 15.3 Å². The summed E-state index contributed by atoms with van der Waals surface area (Å²) in [7, 11) is 0. The Hall–Kier alpha value is -2.67. The molecule has 0 bridgehead atoms. The van der Waals surface area contributed by atoms with Crippen molar-refractivity contribution in [1.29, 1.82) is 0 Å². The van der Waals surface area contributed by atoms with Crippen molar-refractivity contribution < 1.29 is 9.47 Å². The first kappa shape index (κ1) is 11.2. The molecule has 0 radical (unpaired) electrons. The average Bonchev–Trinajstić information content (AvgIpc) is 3.12. The average molecular weight is 269 g/mol. The summed E-state index contributed by atoms with van der Waals surface area (Å²) in [6.45, 7) is 0.548. The molecule has 3 aromatic rings. The van der Waals surface area contributed by atoms with Crippen LogP contribution in [0.2, 0.25) is 0 Å². The highest BCUT2D eigenvalue weighted by Gasteiger charge is 2.15. The number of benzene rings is 1. The van der Waals surface area contributed by atoms with Crippen molar-refractivity contribution in [2.75, 3.05) is 6.79 Å². The van der Waals surface area contributed by atoms with Gasteiger partial charge >= 0.3 is 0 Å². The van der Waals surface area contributed by atoms with E-state index in [4.69, 9.17) is 15.2 Å². The van der Waals surface area contributed by atoms with E-state index in [0.29, 0.717) is 18.0 Å². The number of nitrogens with two attached hydrogens (primary N) is 1. The molecule has 0 saturated carbocycles. The van der Waals surface area contributed by atoms with Crippen molar-refractivity contribution in [3.05, 3.63) is 36.2 Å². The van der Waals surface area contributed by atoms with Crippen LogP contribution in [0.4, 0.5) is 0 Å². The molecule has 0 aliphatic carbocycles. The van der Waals surface area contributed by atoms with Gasteiger partial charge in [0.1, 0.15) is 0 Å². The first-order valence-electron chi connectivity index (χ1n) is 6.16. The Labute approximate surface area is 113 Å². The van der Waals surface area contributed by atoms with Crippen LogP contribution in [0.1, 0.15) is 5.82 Å². The molecule has 0 fully saturated rings. The molecule has 1 aliphatic heterocycles. The molecule has 4 rings (SSSR count). The molecule has 0 amide bonds. The van der Waals surface area contributed by atoms with Gasteiger partial charge in [-0.25, -0.2) is 0 Å². The number of hydrogen-bond donors (Lipinski definition) is 1. The summed E-state index contributed by atoms with van der Waals surface area (Å²) < 4.78 is 12.3. The zero-order valence-electron chi connectivity index (χ0n) is 10.5. The number of ether oxygens (including phenoxy) is 2. The fourth-order valence-corrected chi connectivity index (χ4v) is 2.17. The standard InChI is InChI=1S/C13H11N5O2/c14-6-13-16-15-12-4-2-9(17-18(12)13)8-1-3-10-11(5-8)20-7-19-10/h1-5H,6-7,14H2. The quantitative estimate of drug-likeness (QED) is 0.746. The van der Waals surface area contributed by atoms with E-state index in [-0.39, 0.29) is 6.79 Å². The zero-order valence-corrected chi connectivity index (χ0v) is 10.5. The van der Waals surface area contributed by atoms with Crippen LogP contribution in [-0.2, 0) is 6.54 Å². The monoisotopic (exact) mass is 269 g/mol. The molecule has 20 heavy (non-hydrogen) atoms. The van der Waals surface area contributed by atoms with Gasteiger partial charge in [0, 0.05) is 5.56 Å². The van der Waals surface area contributed by atoms with E-state index < -0.39 is 0 Å². The fourth-order valence-electron chi connectivity index (χ4n) is 2.17. The van der Waals surface area contributed by atoms with Crippen LogP contribution in [0.5, 0.6) is 11.5 Å². The molecular weight excluding hydrogens is 258 g/mol. The van der Waals surface area contributed by atoms with Gasteiger partial charge in [0.2, 0.25) is 6.79 Å². The summed E-state index contributed by atoms with van der Waals surface area (Å²) in [5.41, 5.74) is 8.03. The second kappa shape index (κ2) is 4.17. The van der Waals surface area contributed by atoms with E-state index in [0.717, 1.165) is 22.8 Å². The third kappa shape index (κ3) is 1.60. The third-order valence-electron chi connectivity index (χ3n) is 3.18. The first-order chi connectivity index (χ1) is 9.85. The van der Waals surface area contributed by atoms with Crippen LogP contribution in [-0.4, -0.2) is 26.6 Å². The smallest absolute Gasteiger partial charge is 0.231 e. The molecule has 7 nitrogen and oxygen atoms in total. The van der Waals surface area contributed by atoms with Crippen molar-refractivity contribution in [2.24, 2.45) is 5.73 Å². The van der Waals surface area contributed by atoms with E-state index in [1.54, 1.807) is 4.52 Å². The van der Waals surface area contributed by atoms with E-state index >= 15 is 0 Å². The van der Waals surface area contributed by atoms with Crippen molar-refractivity contribution in [1.82, 2.24) is 19.8 Å². The van der Waals surface area contributed by atoms with Crippen molar-refractivity contribution in [3.8, 4) is 22.8 Å². The molecule has 1 aliphatic rings. The summed E-state index contributed by atoms with van der Waals surface area (Å²) >= 11 is 0. The number of hydrogen-bond acceptors (Lipinski definition) is 6. The minimum absolute atomic E-state index is 0.258. The van der Waals surface area contributed by atoms with Crippen molar-refractivity contribution >= 4 is 5.65 Å². The molecule has 0 spiro atoms. The molecule has 3 heterocycles. The Balaban J connectivity index is 1.85. The number of fused-ring (bicyclic) bond motifs is 2. The van der Waals surface area contributed by atoms with Gasteiger partial charge in [-0.3, -0.25) is 0 Å². The first-order valence-corrected chi connectivity index (χ1v) is 6.16. The summed E-state index contributed by atoms with van der Waals surface area (Å²) in [5, 5.41) is 12.5. The summed E-state index contributed by atoms with van der Waals surface area (Å²) in [6, 6.07) is 9.47. The molecular formula is C13H11N5O2. The molecule has 7 heteroatoms. The molecule has 0 unspecified atom stereocenters. The number of nitrogens with zero attached hydrogens (tertiary/aromatic N) is 4. The van der Waals surface area contributed by atoms with E-state index in [9.17, 15) is 0 Å². The van der Waals surface area contributed by atoms with Gasteiger partial charge in [-0.05, 0) is 30.3 Å². The van der Waals surface area contributed by atoms with Gasteiger partial charge < -0.3 is 15.2 Å². The predicted octanol–water partition coefficient (Wildman–Crippen LogP) is 0.979. The van der Waals surface area contributed by atoms with E-state index in [1.165, 1.54) is 0 Å². The SMILES string of the molecule is NCc1nnc2ccc(-c3ccc4c(c3)OCO4)nn12. The van der Waals surface area contributed by atoms with Crippen molar-refractivity contribution in [3.63, 3.8) is 0 Å². The Bertz CT molecular complexity index is 799. The Morgan fingerprint density at radius 1 is 1.10 bits per heavy atom. The van der Waals surface area contributed by atoms with Gasteiger partial charge in [0.15, 0.2) is 23.0 Å². The third-order valence-corrected chi connectivity index (χ3v) is 3.18. The molecule has 2 aromatic heterocycles. The van der Waals surface area contributed by atoms with Crippen LogP contribution in [0, 0.1) is 0 Å². The maximum atomic E-state index is 5.62. The number of aromatic nitrogens is 4. The summed E-state index contributed by atoms with van der Waals surface area (Å²) in [5.74, 6) is 2.11. The Kier molecular flexibility index (Phi) is 2.33. The lowest BCUT2D eigenvalue weighted by Gasteiger charge is -2.03. The molecule has 0 saturated heterocycles. The maximum absolute atomic E-state index is 5.62. The van der Waals surface area contributed by atoms with Gasteiger partial charge in [0.25, 0.3) is 0 Å². The maximum Gasteiger partial charge on any atom is 0.231 e. The largest absolute Gasteiger partial charge is 0.454 e. The van der Waals surface area contributed by atoms with Crippen LogP contribution in [0.3, 0.4) is 0 Å². The zero-order chi connectivity index (χ0) is 13.5. The van der Waals surface area contributed by atoms with Gasteiger partial charge in [-0.2, -0.15) is 9.61 Å². The second-order valence-electron chi connectivity index (χ2n) is 4.38. The minimum Gasteiger partial charge on any atom is -0.454 e.